The predicted octanol–water partition coefficient (Wildman–Crippen LogP) is 12.5. The molecule has 0 radical (unpaired) electrons. The van der Waals surface area contributed by atoms with Gasteiger partial charge in [-0.25, -0.2) is 17.6 Å². The summed E-state index contributed by atoms with van der Waals surface area (Å²) in [7, 11) is 0. The van der Waals surface area contributed by atoms with Crippen molar-refractivity contribution in [2.24, 2.45) is 5.92 Å². The van der Waals surface area contributed by atoms with Gasteiger partial charge in [0.15, 0.2) is 23.3 Å². The van der Waals surface area contributed by atoms with E-state index in [9.17, 15) is 4.39 Å². The molecule has 0 heterocycles. The van der Waals surface area contributed by atoms with Crippen molar-refractivity contribution in [2.75, 3.05) is 0 Å². The molecule has 0 unspecified atom stereocenters. The number of hydrogen-bond donors (Lipinski definition) is 0. The second-order valence-corrected chi connectivity index (χ2v) is 12.0. The van der Waals surface area contributed by atoms with Crippen LogP contribution in [0.25, 0.3) is 22.3 Å². The number of benzene rings is 3. The number of rotatable bonds is 14. The Morgan fingerprint density at radius 3 is 1.83 bits per heavy atom. The number of aryl methyl sites for hydroxylation is 1. The molecule has 0 amide bonds. The zero-order valence-corrected chi connectivity index (χ0v) is 25.3. The average Bonchev–Trinajstić information content (AvgIpc) is 3.01. The Bertz CT molecular complexity index is 1300. The van der Waals surface area contributed by atoms with Crippen molar-refractivity contribution in [3.05, 3.63) is 95.1 Å². The first-order chi connectivity index (χ1) is 20.4. The maximum absolute atomic E-state index is 15.3. The SMILES string of the molecule is C/C=C/CCC1CCC(c2ccc(-c3ccc(-c4ccc(CCCCCCCCC)c(F)c4F)cc3)c(F)c2F)CC1. The van der Waals surface area contributed by atoms with Crippen LogP contribution in [0.1, 0.15) is 114 Å². The van der Waals surface area contributed by atoms with Crippen LogP contribution in [0, 0.1) is 29.2 Å². The van der Waals surface area contributed by atoms with Crippen LogP contribution in [0.2, 0.25) is 0 Å². The van der Waals surface area contributed by atoms with Crippen molar-refractivity contribution < 1.29 is 17.6 Å². The molecule has 0 saturated heterocycles. The Hall–Kier alpha value is -2.88. The molecule has 4 heteroatoms. The highest BCUT2D eigenvalue weighted by molar-refractivity contribution is 5.71. The summed E-state index contributed by atoms with van der Waals surface area (Å²) in [6, 6.07) is 13.2. The van der Waals surface area contributed by atoms with Crippen molar-refractivity contribution in [3.8, 4) is 22.3 Å². The fourth-order valence-corrected chi connectivity index (χ4v) is 6.47. The summed E-state index contributed by atoms with van der Waals surface area (Å²) in [5.41, 5.74) is 2.23. The first-order valence-corrected chi connectivity index (χ1v) is 16.1. The Morgan fingerprint density at radius 2 is 1.21 bits per heavy atom. The van der Waals surface area contributed by atoms with Gasteiger partial charge in [-0.15, -0.1) is 0 Å². The third kappa shape index (κ3) is 8.14. The minimum absolute atomic E-state index is 0.0422. The highest BCUT2D eigenvalue weighted by Crippen LogP contribution is 2.40. The lowest BCUT2D eigenvalue weighted by molar-refractivity contribution is 0.306. The van der Waals surface area contributed by atoms with E-state index in [-0.39, 0.29) is 17.0 Å². The molecule has 0 bridgehead atoms. The van der Waals surface area contributed by atoms with Gasteiger partial charge in [0.25, 0.3) is 0 Å². The van der Waals surface area contributed by atoms with E-state index in [1.165, 1.54) is 25.7 Å². The third-order valence-corrected chi connectivity index (χ3v) is 9.09. The molecule has 42 heavy (non-hydrogen) atoms. The summed E-state index contributed by atoms with van der Waals surface area (Å²) in [4.78, 5) is 0. The number of allylic oxidation sites excluding steroid dienone is 2. The lowest BCUT2D eigenvalue weighted by atomic mass is 9.77. The van der Waals surface area contributed by atoms with Crippen LogP contribution in [0.15, 0.2) is 60.7 Å². The first kappa shape index (κ1) is 32.0. The number of unbranched alkanes of at least 4 members (excludes halogenated alkanes) is 6. The standard InChI is InChI=1S/C38H46F4/c1-3-5-7-8-9-10-12-14-31-23-24-32(36(40)35(31)39)29-19-21-30(22-20-29)34-26-25-33(37(41)38(34)42)28-17-15-27(16-18-28)13-11-6-4-2/h4,6,19-28H,3,5,7-18H2,1-2H3/b6-4+. The van der Waals surface area contributed by atoms with Gasteiger partial charge in [-0.05, 0) is 92.4 Å². The quantitative estimate of drug-likeness (QED) is 0.101. The van der Waals surface area contributed by atoms with E-state index in [0.29, 0.717) is 34.6 Å². The van der Waals surface area contributed by atoms with Crippen LogP contribution in [-0.4, -0.2) is 0 Å². The van der Waals surface area contributed by atoms with Gasteiger partial charge in [-0.3, -0.25) is 0 Å². The maximum atomic E-state index is 15.3. The Balaban J connectivity index is 1.39. The molecule has 0 N–H and O–H groups in total. The van der Waals surface area contributed by atoms with Gasteiger partial charge in [0, 0.05) is 11.1 Å². The van der Waals surface area contributed by atoms with Crippen LogP contribution < -0.4 is 0 Å². The lowest BCUT2D eigenvalue weighted by Gasteiger charge is -2.29. The summed E-state index contributed by atoms with van der Waals surface area (Å²) in [6.07, 6.45) is 18.7. The molecule has 0 aliphatic heterocycles. The molecule has 1 fully saturated rings. The molecular weight excluding hydrogens is 532 g/mol. The monoisotopic (exact) mass is 578 g/mol. The van der Waals surface area contributed by atoms with Crippen LogP contribution in [-0.2, 0) is 6.42 Å². The molecule has 226 valence electrons. The predicted molar refractivity (Wildman–Crippen MR) is 168 cm³/mol. The van der Waals surface area contributed by atoms with Crippen molar-refractivity contribution in [3.63, 3.8) is 0 Å². The second kappa shape index (κ2) is 16.1. The highest BCUT2D eigenvalue weighted by atomic mass is 19.2. The minimum atomic E-state index is -0.860. The van der Waals surface area contributed by atoms with E-state index in [1.54, 1.807) is 48.5 Å². The van der Waals surface area contributed by atoms with Gasteiger partial charge < -0.3 is 0 Å². The Labute approximate surface area is 250 Å². The Kier molecular flexibility index (Phi) is 12.3. The third-order valence-electron chi connectivity index (χ3n) is 9.09. The first-order valence-electron chi connectivity index (χ1n) is 16.1. The summed E-state index contributed by atoms with van der Waals surface area (Å²) >= 11 is 0. The van der Waals surface area contributed by atoms with Gasteiger partial charge in [-0.1, -0.05) is 106 Å². The van der Waals surface area contributed by atoms with E-state index < -0.39 is 23.3 Å². The van der Waals surface area contributed by atoms with E-state index in [1.807, 2.05) is 6.92 Å². The van der Waals surface area contributed by atoms with E-state index in [4.69, 9.17) is 0 Å². The van der Waals surface area contributed by atoms with Gasteiger partial charge in [-0.2, -0.15) is 0 Å². The second-order valence-electron chi connectivity index (χ2n) is 12.0. The van der Waals surface area contributed by atoms with Crippen LogP contribution in [0.5, 0.6) is 0 Å². The van der Waals surface area contributed by atoms with Gasteiger partial charge in [0.2, 0.25) is 0 Å². The smallest absolute Gasteiger partial charge is 0.166 e. The van der Waals surface area contributed by atoms with Gasteiger partial charge in [0.1, 0.15) is 0 Å². The van der Waals surface area contributed by atoms with Gasteiger partial charge >= 0.3 is 0 Å². The fourth-order valence-electron chi connectivity index (χ4n) is 6.47. The zero-order valence-electron chi connectivity index (χ0n) is 25.3. The van der Waals surface area contributed by atoms with Crippen LogP contribution >= 0.6 is 0 Å². The molecular formula is C38H46F4. The van der Waals surface area contributed by atoms with Crippen LogP contribution in [0.3, 0.4) is 0 Å². The molecule has 1 saturated carbocycles. The molecule has 0 aromatic heterocycles. The van der Waals surface area contributed by atoms with Crippen molar-refractivity contribution in [1.29, 1.82) is 0 Å². The molecule has 4 rings (SSSR count). The molecule has 0 nitrogen and oxygen atoms in total. The molecule has 0 atom stereocenters. The average molecular weight is 579 g/mol. The number of halogens is 4. The number of hydrogen-bond acceptors (Lipinski definition) is 0. The van der Waals surface area contributed by atoms with Crippen molar-refractivity contribution in [2.45, 2.75) is 110 Å². The summed E-state index contributed by atoms with van der Waals surface area (Å²) in [6.45, 7) is 4.22. The summed E-state index contributed by atoms with van der Waals surface area (Å²) in [5, 5.41) is 0. The largest absolute Gasteiger partial charge is 0.203 e. The Morgan fingerprint density at radius 1 is 0.643 bits per heavy atom. The topological polar surface area (TPSA) is 0 Å². The van der Waals surface area contributed by atoms with E-state index >= 15 is 13.2 Å². The molecule has 3 aromatic carbocycles. The molecule has 1 aliphatic rings. The van der Waals surface area contributed by atoms with Gasteiger partial charge in [0.05, 0.1) is 0 Å². The van der Waals surface area contributed by atoms with Crippen molar-refractivity contribution >= 4 is 0 Å². The van der Waals surface area contributed by atoms with E-state index in [2.05, 4.69) is 19.1 Å². The lowest BCUT2D eigenvalue weighted by Crippen LogP contribution is -2.15. The molecule has 3 aromatic rings. The van der Waals surface area contributed by atoms with Crippen LogP contribution in [0.4, 0.5) is 17.6 Å². The normalized spacial score (nSPS) is 17.3. The maximum Gasteiger partial charge on any atom is 0.166 e. The minimum Gasteiger partial charge on any atom is -0.203 e. The summed E-state index contributed by atoms with van der Waals surface area (Å²) in [5.74, 6) is -2.57. The molecule has 0 spiro atoms. The van der Waals surface area contributed by atoms with E-state index in [0.717, 1.165) is 57.8 Å². The summed E-state index contributed by atoms with van der Waals surface area (Å²) < 4.78 is 60.5. The highest BCUT2D eigenvalue weighted by Gasteiger charge is 2.26. The molecule has 1 aliphatic carbocycles. The van der Waals surface area contributed by atoms with Crippen molar-refractivity contribution in [1.82, 2.24) is 0 Å². The zero-order chi connectivity index (χ0) is 29.9. The fraction of sp³-hybridized carbons (Fsp3) is 0.474.